The molecule has 2 fully saturated rings. The van der Waals surface area contributed by atoms with Gasteiger partial charge in [-0.15, -0.1) is 0 Å². The molecule has 2 aliphatic rings. The van der Waals surface area contributed by atoms with Crippen LogP contribution in [-0.2, 0) is 9.53 Å². The van der Waals surface area contributed by atoms with Gasteiger partial charge in [0.05, 0.1) is 7.11 Å². The Morgan fingerprint density at radius 1 is 1.43 bits per heavy atom. The highest BCUT2D eigenvalue weighted by Gasteiger charge is 2.66. The SMILES string of the molecule is CC.COC(=O)[C@H]1NCC2C1C2(C)C. The fraction of sp³-hybridized carbons (Fsp3) is 0.909. The Balaban J connectivity index is 0.000000461. The van der Waals surface area contributed by atoms with Crippen molar-refractivity contribution in [3.63, 3.8) is 0 Å². The van der Waals surface area contributed by atoms with Crippen LogP contribution in [0.1, 0.15) is 27.7 Å². The van der Waals surface area contributed by atoms with E-state index in [9.17, 15) is 4.79 Å². The lowest BCUT2D eigenvalue weighted by Gasteiger charge is -2.16. The van der Waals surface area contributed by atoms with Crippen LogP contribution in [0.4, 0.5) is 0 Å². The van der Waals surface area contributed by atoms with Crippen molar-refractivity contribution in [2.45, 2.75) is 33.7 Å². The van der Waals surface area contributed by atoms with Crippen LogP contribution in [0, 0.1) is 17.3 Å². The van der Waals surface area contributed by atoms with Gasteiger partial charge in [-0.3, -0.25) is 4.79 Å². The molecule has 0 spiro atoms. The molecule has 0 aromatic carbocycles. The number of nitrogens with one attached hydrogen (secondary N) is 1. The Morgan fingerprint density at radius 2 is 2.00 bits per heavy atom. The lowest BCUT2D eigenvalue weighted by Crippen LogP contribution is -2.38. The van der Waals surface area contributed by atoms with E-state index in [1.54, 1.807) is 0 Å². The van der Waals surface area contributed by atoms with E-state index in [0.29, 0.717) is 17.3 Å². The van der Waals surface area contributed by atoms with E-state index in [4.69, 9.17) is 4.74 Å². The van der Waals surface area contributed by atoms with Crippen LogP contribution >= 0.6 is 0 Å². The number of carbonyl (C=O) groups is 1. The van der Waals surface area contributed by atoms with Crippen molar-refractivity contribution in [3.8, 4) is 0 Å². The molecular weight excluding hydrogens is 178 g/mol. The smallest absolute Gasteiger partial charge is 0.323 e. The number of carbonyl (C=O) groups excluding carboxylic acids is 1. The molecule has 14 heavy (non-hydrogen) atoms. The number of hydrogen-bond donors (Lipinski definition) is 1. The summed E-state index contributed by atoms with van der Waals surface area (Å²) in [4.78, 5) is 11.3. The number of hydrogen-bond acceptors (Lipinski definition) is 3. The highest BCUT2D eigenvalue weighted by molar-refractivity contribution is 5.77. The predicted octanol–water partition coefficient (Wildman–Crippen LogP) is 1.43. The topological polar surface area (TPSA) is 38.3 Å². The summed E-state index contributed by atoms with van der Waals surface area (Å²) in [7, 11) is 1.45. The highest BCUT2D eigenvalue weighted by Crippen LogP contribution is 2.62. The summed E-state index contributed by atoms with van der Waals surface area (Å²) in [5.41, 5.74) is 0.351. The fourth-order valence-electron chi connectivity index (χ4n) is 2.58. The van der Waals surface area contributed by atoms with Crippen molar-refractivity contribution < 1.29 is 9.53 Å². The molecule has 0 aromatic heterocycles. The number of rotatable bonds is 1. The Kier molecular flexibility index (Phi) is 3.20. The summed E-state index contributed by atoms with van der Waals surface area (Å²) >= 11 is 0. The van der Waals surface area contributed by atoms with Crippen LogP contribution in [0.2, 0.25) is 0 Å². The molecule has 1 heterocycles. The first-order valence-electron chi connectivity index (χ1n) is 5.40. The van der Waals surface area contributed by atoms with Crippen LogP contribution in [0.3, 0.4) is 0 Å². The van der Waals surface area contributed by atoms with Gasteiger partial charge in [0.1, 0.15) is 6.04 Å². The first-order chi connectivity index (χ1) is 6.59. The van der Waals surface area contributed by atoms with Crippen LogP contribution < -0.4 is 5.32 Å². The monoisotopic (exact) mass is 199 g/mol. The molecular formula is C11H21NO2. The Morgan fingerprint density at radius 3 is 2.36 bits per heavy atom. The molecule has 1 aliphatic heterocycles. The van der Waals surface area contributed by atoms with Gasteiger partial charge in [-0.1, -0.05) is 27.7 Å². The maximum atomic E-state index is 11.3. The minimum absolute atomic E-state index is 0.0463. The molecule has 1 N–H and O–H groups in total. The average molecular weight is 199 g/mol. The number of methoxy groups -OCH3 is 1. The van der Waals surface area contributed by atoms with Crippen LogP contribution in [-0.4, -0.2) is 25.7 Å². The third-order valence-corrected chi connectivity index (χ3v) is 3.51. The zero-order valence-electron chi connectivity index (χ0n) is 9.76. The fourth-order valence-corrected chi connectivity index (χ4v) is 2.58. The Hall–Kier alpha value is -0.570. The van der Waals surface area contributed by atoms with Gasteiger partial charge in [0.2, 0.25) is 0 Å². The van der Waals surface area contributed by atoms with Gasteiger partial charge < -0.3 is 10.1 Å². The second-order valence-corrected chi connectivity index (χ2v) is 4.36. The number of piperidine rings is 1. The van der Waals surface area contributed by atoms with Crippen LogP contribution in [0.5, 0.6) is 0 Å². The molecule has 0 aromatic rings. The molecule has 0 bridgehead atoms. The standard InChI is InChI=1S/C9H15NO2.C2H6/c1-9(2)5-4-10-7(6(5)9)8(11)12-3;1-2/h5-7,10H,4H2,1-3H3;1-2H3/t5?,6?,7-;/m0./s1. The largest absolute Gasteiger partial charge is 0.468 e. The molecule has 1 saturated carbocycles. The summed E-state index contributed by atoms with van der Waals surface area (Å²) in [5.74, 6) is 1.08. The summed E-state index contributed by atoms with van der Waals surface area (Å²) in [6.45, 7) is 9.41. The number of esters is 1. The first kappa shape index (κ1) is 11.5. The van der Waals surface area contributed by atoms with Crippen molar-refractivity contribution in [2.24, 2.45) is 17.3 Å². The molecule has 1 saturated heterocycles. The van der Waals surface area contributed by atoms with Crippen molar-refractivity contribution in [3.05, 3.63) is 0 Å². The van der Waals surface area contributed by atoms with Crippen LogP contribution in [0.25, 0.3) is 0 Å². The molecule has 2 unspecified atom stereocenters. The van der Waals surface area contributed by atoms with Gasteiger partial charge in [-0.25, -0.2) is 0 Å². The summed E-state index contributed by atoms with van der Waals surface area (Å²) < 4.78 is 4.72. The third-order valence-electron chi connectivity index (χ3n) is 3.51. The van der Waals surface area contributed by atoms with E-state index >= 15 is 0 Å². The van der Waals surface area contributed by atoms with E-state index in [1.807, 2.05) is 13.8 Å². The van der Waals surface area contributed by atoms with Crippen molar-refractivity contribution >= 4 is 5.97 Å². The summed E-state index contributed by atoms with van der Waals surface area (Å²) in [6, 6.07) is -0.0463. The van der Waals surface area contributed by atoms with Gasteiger partial charge in [0.25, 0.3) is 0 Å². The second kappa shape index (κ2) is 3.89. The predicted molar refractivity (Wildman–Crippen MR) is 55.9 cm³/mol. The van der Waals surface area contributed by atoms with Crippen molar-refractivity contribution in [1.82, 2.24) is 5.32 Å². The van der Waals surface area contributed by atoms with Gasteiger partial charge >= 0.3 is 5.97 Å². The average Bonchev–Trinajstić information content (AvgIpc) is 2.58. The normalized spacial score (nSPS) is 36.5. The molecule has 82 valence electrons. The molecule has 3 nitrogen and oxygen atoms in total. The minimum atomic E-state index is -0.104. The van der Waals surface area contributed by atoms with Crippen molar-refractivity contribution in [1.29, 1.82) is 0 Å². The quantitative estimate of drug-likeness (QED) is 0.649. The molecule has 3 heteroatoms. The zero-order valence-corrected chi connectivity index (χ0v) is 9.76. The van der Waals surface area contributed by atoms with Crippen molar-refractivity contribution in [2.75, 3.05) is 13.7 Å². The van der Waals surface area contributed by atoms with E-state index in [-0.39, 0.29) is 12.0 Å². The maximum absolute atomic E-state index is 11.3. The highest BCUT2D eigenvalue weighted by atomic mass is 16.5. The van der Waals surface area contributed by atoms with E-state index in [0.717, 1.165) is 6.54 Å². The lowest BCUT2D eigenvalue weighted by molar-refractivity contribution is -0.143. The zero-order chi connectivity index (χ0) is 10.9. The van der Waals surface area contributed by atoms with Gasteiger partial charge in [-0.05, 0) is 23.8 Å². The molecule has 0 amide bonds. The number of fused-ring (bicyclic) bond motifs is 1. The summed E-state index contributed by atoms with van der Waals surface area (Å²) in [6.07, 6.45) is 0. The summed E-state index contributed by atoms with van der Waals surface area (Å²) in [5, 5.41) is 3.19. The molecule has 1 aliphatic carbocycles. The molecule has 3 atom stereocenters. The molecule has 2 rings (SSSR count). The minimum Gasteiger partial charge on any atom is -0.468 e. The van der Waals surface area contributed by atoms with E-state index in [2.05, 4.69) is 19.2 Å². The Bertz CT molecular complexity index is 225. The first-order valence-corrected chi connectivity index (χ1v) is 5.40. The third kappa shape index (κ3) is 1.54. The number of ether oxygens (including phenoxy) is 1. The Labute approximate surface area is 86.2 Å². The maximum Gasteiger partial charge on any atom is 0.323 e. The van der Waals surface area contributed by atoms with Gasteiger partial charge in [0, 0.05) is 0 Å². The van der Waals surface area contributed by atoms with E-state index < -0.39 is 0 Å². The lowest BCUT2D eigenvalue weighted by atomic mass is 10.0. The second-order valence-electron chi connectivity index (χ2n) is 4.36. The van der Waals surface area contributed by atoms with Crippen LogP contribution in [0.15, 0.2) is 0 Å². The van der Waals surface area contributed by atoms with Gasteiger partial charge in [-0.2, -0.15) is 0 Å². The van der Waals surface area contributed by atoms with Gasteiger partial charge in [0.15, 0.2) is 0 Å². The van der Waals surface area contributed by atoms with E-state index in [1.165, 1.54) is 7.11 Å². The molecule has 0 radical (unpaired) electrons.